The Bertz CT molecular complexity index is 296. The second-order valence-electron chi connectivity index (χ2n) is 2.44. The molecule has 0 N–H and O–H groups in total. The standard InChI is InChI=1S/C8H8N2S/c1-6-4-10-7-5-9-3-2-8(7)11-6/h2-6H,1H3. The average molecular weight is 164 g/mol. The third-order valence-corrected chi connectivity index (χ3v) is 2.59. The molecule has 2 rings (SSSR count). The summed E-state index contributed by atoms with van der Waals surface area (Å²) in [6, 6.07) is 2.01. The normalized spacial score (nSPS) is 21.4. The Morgan fingerprint density at radius 3 is 3.36 bits per heavy atom. The highest BCUT2D eigenvalue weighted by Gasteiger charge is 2.10. The van der Waals surface area contributed by atoms with Crippen molar-refractivity contribution in [3.05, 3.63) is 18.5 Å². The number of nitrogens with zero attached hydrogens (tertiary/aromatic N) is 2. The van der Waals surface area contributed by atoms with Crippen molar-refractivity contribution in [3.8, 4) is 0 Å². The van der Waals surface area contributed by atoms with Gasteiger partial charge in [-0.3, -0.25) is 9.98 Å². The summed E-state index contributed by atoms with van der Waals surface area (Å²) in [6.07, 6.45) is 5.55. The largest absolute Gasteiger partial charge is 0.262 e. The fraction of sp³-hybridized carbons (Fsp3) is 0.250. The minimum atomic E-state index is 0.491. The molecule has 0 aliphatic carbocycles. The van der Waals surface area contributed by atoms with Crippen molar-refractivity contribution in [1.82, 2.24) is 4.98 Å². The van der Waals surface area contributed by atoms with Gasteiger partial charge in [-0.05, 0) is 13.0 Å². The Hall–Kier alpha value is -0.830. The van der Waals surface area contributed by atoms with E-state index in [9.17, 15) is 0 Å². The maximum absolute atomic E-state index is 4.27. The van der Waals surface area contributed by atoms with Crippen LogP contribution < -0.4 is 0 Å². The summed E-state index contributed by atoms with van der Waals surface area (Å²) in [5, 5.41) is 0.491. The number of hydrogen-bond donors (Lipinski definition) is 0. The van der Waals surface area contributed by atoms with Gasteiger partial charge in [0.1, 0.15) is 0 Å². The average Bonchev–Trinajstić information content (AvgIpc) is 2.04. The maximum Gasteiger partial charge on any atom is 0.0945 e. The SMILES string of the molecule is CC1C=Nc2cnccc2S1. The lowest BCUT2D eigenvalue weighted by Crippen LogP contribution is -2.00. The molecule has 1 aliphatic heterocycles. The van der Waals surface area contributed by atoms with Crippen LogP contribution in [0.3, 0.4) is 0 Å². The van der Waals surface area contributed by atoms with E-state index in [2.05, 4.69) is 16.9 Å². The van der Waals surface area contributed by atoms with E-state index in [1.165, 1.54) is 4.90 Å². The fourth-order valence-corrected chi connectivity index (χ4v) is 1.87. The fourth-order valence-electron chi connectivity index (χ4n) is 0.986. The summed E-state index contributed by atoms with van der Waals surface area (Å²) in [5.41, 5.74) is 0.996. The highest BCUT2D eigenvalue weighted by atomic mass is 32.2. The molecule has 2 nitrogen and oxygen atoms in total. The Morgan fingerprint density at radius 2 is 2.45 bits per heavy atom. The quantitative estimate of drug-likeness (QED) is 0.587. The van der Waals surface area contributed by atoms with Crippen molar-refractivity contribution in [2.24, 2.45) is 4.99 Å². The monoisotopic (exact) mass is 164 g/mol. The molecular weight excluding hydrogens is 156 g/mol. The predicted octanol–water partition coefficient (Wildman–Crippen LogP) is 2.28. The lowest BCUT2D eigenvalue weighted by molar-refractivity contribution is 1.20. The van der Waals surface area contributed by atoms with E-state index >= 15 is 0 Å². The van der Waals surface area contributed by atoms with Crippen LogP contribution in [0.1, 0.15) is 6.92 Å². The summed E-state index contributed by atoms with van der Waals surface area (Å²) >= 11 is 1.82. The second kappa shape index (κ2) is 2.66. The van der Waals surface area contributed by atoms with E-state index < -0.39 is 0 Å². The first-order valence-corrected chi connectivity index (χ1v) is 4.39. The molecule has 1 aromatic heterocycles. The van der Waals surface area contributed by atoms with Gasteiger partial charge in [0.25, 0.3) is 0 Å². The third-order valence-electron chi connectivity index (χ3n) is 1.50. The first kappa shape index (κ1) is 6.85. The van der Waals surface area contributed by atoms with E-state index in [0.29, 0.717) is 5.25 Å². The number of aromatic nitrogens is 1. The summed E-state index contributed by atoms with van der Waals surface area (Å²) in [7, 11) is 0. The van der Waals surface area contributed by atoms with Crippen molar-refractivity contribution < 1.29 is 0 Å². The van der Waals surface area contributed by atoms with Crippen LogP contribution in [-0.4, -0.2) is 16.4 Å². The van der Waals surface area contributed by atoms with Gasteiger partial charge in [-0.25, -0.2) is 0 Å². The minimum Gasteiger partial charge on any atom is -0.262 e. The topological polar surface area (TPSA) is 25.2 Å². The van der Waals surface area contributed by atoms with Crippen LogP contribution >= 0.6 is 11.8 Å². The van der Waals surface area contributed by atoms with E-state index in [4.69, 9.17) is 0 Å². The summed E-state index contributed by atoms with van der Waals surface area (Å²) in [4.78, 5) is 9.49. The molecule has 1 atom stereocenters. The highest BCUT2D eigenvalue weighted by molar-refractivity contribution is 8.00. The molecule has 0 aromatic carbocycles. The zero-order chi connectivity index (χ0) is 7.68. The second-order valence-corrected chi connectivity index (χ2v) is 3.86. The van der Waals surface area contributed by atoms with E-state index in [0.717, 1.165) is 5.69 Å². The number of aliphatic imine (C=N–C) groups is 1. The van der Waals surface area contributed by atoms with Gasteiger partial charge in [-0.15, -0.1) is 11.8 Å². The molecule has 0 fully saturated rings. The zero-order valence-corrected chi connectivity index (χ0v) is 7.01. The lowest BCUT2D eigenvalue weighted by Gasteiger charge is -2.12. The van der Waals surface area contributed by atoms with Gasteiger partial charge < -0.3 is 0 Å². The first-order valence-electron chi connectivity index (χ1n) is 3.51. The van der Waals surface area contributed by atoms with Gasteiger partial charge >= 0.3 is 0 Å². The third kappa shape index (κ3) is 1.28. The Morgan fingerprint density at radius 1 is 1.55 bits per heavy atom. The molecule has 0 bridgehead atoms. The molecule has 3 heteroatoms. The van der Waals surface area contributed by atoms with Crippen LogP contribution in [-0.2, 0) is 0 Å². The molecule has 11 heavy (non-hydrogen) atoms. The van der Waals surface area contributed by atoms with Crippen LogP contribution in [0, 0.1) is 0 Å². The molecule has 0 saturated carbocycles. The van der Waals surface area contributed by atoms with Gasteiger partial charge in [0, 0.05) is 22.6 Å². The Balaban J connectivity index is 2.46. The van der Waals surface area contributed by atoms with Crippen molar-refractivity contribution >= 4 is 23.7 Å². The number of rotatable bonds is 0. The van der Waals surface area contributed by atoms with Crippen LogP contribution in [0.15, 0.2) is 28.3 Å². The molecule has 2 heterocycles. The molecule has 0 radical (unpaired) electrons. The maximum atomic E-state index is 4.27. The number of hydrogen-bond acceptors (Lipinski definition) is 3. The molecule has 1 unspecified atom stereocenters. The molecule has 1 aromatic rings. The van der Waals surface area contributed by atoms with Crippen molar-refractivity contribution in [3.63, 3.8) is 0 Å². The molecule has 1 aliphatic rings. The lowest BCUT2D eigenvalue weighted by atomic mass is 10.4. The number of fused-ring (bicyclic) bond motifs is 1. The van der Waals surface area contributed by atoms with Gasteiger partial charge in [0.2, 0.25) is 0 Å². The van der Waals surface area contributed by atoms with Crippen molar-refractivity contribution in [2.45, 2.75) is 17.1 Å². The first-order chi connectivity index (χ1) is 5.36. The van der Waals surface area contributed by atoms with Gasteiger partial charge in [-0.1, -0.05) is 0 Å². The van der Waals surface area contributed by atoms with Crippen molar-refractivity contribution in [2.75, 3.05) is 0 Å². The molecular formula is C8H8N2S. The zero-order valence-electron chi connectivity index (χ0n) is 6.19. The summed E-state index contributed by atoms with van der Waals surface area (Å²) in [6.45, 7) is 2.14. The smallest absolute Gasteiger partial charge is 0.0945 e. The molecule has 56 valence electrons. The highest BCUT2D eigenvalue weighted by Crippen LogP contribution is 2.34. The van der Waals surface area contributed by atoms with Crippen LogP contribution in [0.5, 0.6) is 0 Å². The van der Waals surface area contributed by atoms with Crippen LogP contribution in [0.2, 0.25) is 0 Å². The number of thioether (sulfide) groups is 1. The Labute approximate surface area is 69.8 Å². The van der Waals surface area contributed by atoms with Crippen LogP contribution in [0.4, 0.5) is 5.69 Å². The summed E-state index contributed by atoms with van der Waals surface area (Å²) in [5.74, 6) is 0. The van der Waals surface area contributed by atoms with E-state index in [-0.39, 0.29) is 0 Å². The van der Waals surface area contributed by atoms with Gasteiger partial charge in [-0.2, -0.15) is 0 Å². The van der Waals surface area contributed by atoms with Crippen LogP contribution in [0.25, 0.3) is 0 Å². The Kier molecular flexibility index (Phi) is 1.66. The number of pyridine rings is 1. The minimum absolute atomic E-state index is 0.491. The predicted molar refractivity (Wildman–Crippen MR) is 47.7 cm³/mol. The van der Waals surface area contributed by atoms with Gasteiger partial charge in [0.15, 0.2) is 0 Å². The van der Waals surface area contributed by atoms with E-state index in [1.54, 1.807) is 12.4 Å². The van der Waals surface area contributed by atoms with Crippen molar-refractivity contribution in [1.29, 1.82) is 0 Å². The molecule has 0 spiro atoms. The molecule has 0 amide bonds. The van der Waals surface area contributed by atoms with Gasteiger partial charge in [0.05, 0.1) is 11.9 Å². The van der Waals surface area contributed by atoms with E-state index in [1.807, 2.05) is 24.0 Å². The molecule has 0 saturated heterocycles. The summed E-state index contributed by atoms with van der Waals surface area (Å²) < 4.78 is 0.